The van der Waals surface area contributed by atoms with E-state index in [9.17, 15) is 4.79 Å². The van der Waals surface area contributed by atoms with Gasteiger partial charge < -0.3 is 5.32 Å². The summed E-state index contributed by atoms with van der Waals surface area (Å²) in [5.41, 5.74) is 0.887. The van der Waals surface area contributed by atoms with Crippen molar-refractivity contribution < 1.29 is 9.63 Å². The van der Waals surface area contributed by atoms with Gasteiger partial charge in [-0.1, -0.05) is 96.6 Å². The van der Waals surface area contributed by atoms with Gasteiger partial charge in [-0.05, 0) is 57.9 Å². The van der Waals surface area contributed by atoms with Gasteiger partial charge in [0.05, 0.1) is 0 Å². The molecule has 2 rings (SSSR count). The molecule has 4 nitrogen and oxygen atoms in total. The van der Waals surface area contributed by atoms with E-state index in [0.717, 1.165) is 32.1 Å². The Balaban J connectivity index is 2.04. The fourth-order valence-corrected chi connectivity index (χ4v) is 5.61. The van der Waals surface area contributed by atoms with Crippen LogP contribution >= 0.6 is 0 Å². The van der Waals surface area contributed by atoms with E-state index < -0.39 is 0 Å². The number of nitrogens with zero attached hydrogens (tertiary/aromatic N) is 1. The Morgan fingerprint density at radius 3 is 2.24 bits per heavy atom. The molecule has 4 heteroatoms. The molecule has 1 heterocycles. The maximum Gasteiger partial charge on any atom is 0.220 e. The molecule has 0 saturated carbocycles. The van der Waals surface area contributed by atoms with Gasteiger partial charge in [-0.15, -0.1) is 0 Å². The highest BCUT2D eigenvalue weighted by molar-refractivity contribution is 5.76. The highest BCUT2D eigenvalue weighted by atomic mass is 16.7. The van der Waals surface area contributed by atoms with E-state index in [1.807, 2.05) is 6.07 Å². The molecule has 1 aliphatic heterocycles. The minimum Gasteiger partial charge on any atom is -0.353 e. The van der Waals surface area contributed by atoms with Crippen LogP contribution in [0, 0.1) is 5.92 Å². The highest BCUT2D eigenvalue weighted by Gasteiger charge is 2.54. The van der Waals surface area contributed by atoms with Gasteiger partial charge >= 0.3 is 0 Å². The summed E-state index contributed by atoms with van der Waals surface area (Å²) in [6.45, 7) is 15.8. The summed E-state index contributed by atoms with van der Waals surface area (Å²) in [5, 5.41) is 5.75. The summed E-state index contributed by atoms with van der Waals surface area (Å²) < 4.78 is 0. The van der Waals surface area contributed by atoms with Crippen molar-refractivity contribution >= 4 is 5.91 Å². The van der Waals surface area contributed by atoms with Crippen LogP contribution < -0.4 is 5.32 Å². The van der Waals surface area contributed by atoms with Gasteiger partial charge in [-0.2, -0.15) is 5.06 Å². The number of hydroxylamine groups is 2. The standard InChI is InChI=1S/C30H52N2O2/c1-8-11-12-13-14-15-19-22-28(33)31-27-23-29(6,9-2)32(30(7,10-3)24(27)4)34-25(5)26-20-17-16-18-21-26/h16-18,20-21,24-25,27H,8-15,19,22-23H2,1-7H3,(H,31,33). The molecule has 1 amide bonds. The van der Waals surface area contributed by atoms with Crippen LogP contribution in [0.3, 0.4) is 0 Å². The number of unbranched alkanes of at least 4 members (excludes halogenated alkanes) is 6. The van der Waals surface area contributed by atoms with Crippen LogP contribution in [0.15, 0.2) is 30.3 Å². The number of amides is 1. The van der Waals surface area contributed by atoms with Crippen LogP contribution in [0.4, 0.5) is 0 Å². The minimum atomic E-state index is -0.163. The second-order valence-electron chi connectivity index (χ2n) is 11.1. The number of nitrogens with one attached hydrogen (secondary N) is 1. The Hall–Kier alpha value is -1.39. The van der Waals surface area contributed by atoms with E-state index in [2.05, 4.69) is 83.1 Å². The van der Waals surface area contributed by atoms with Crippen LogP contribution in [0.25, 0.3) is 0 Å². The first kappa shape index (κ1) is 28.8. The van der Waals surface area contributed by atoms with Crippen molar-refractivity contribution in [2.24, 2.45) is 5.92 Å². The van der Waals surface area contributed by atoms with Crippen molar-refractivity contribution in [3.8, 4) is 0 Å². The Bertz CT molecular complexity index is 724. The number of rotatable bonds is 14. The zero-order valence-electron chi connectivity index (χ0n) is 23.2. The van der Waals surface area contributed by atoms with Gasteiger partial charge in [0.2, 0.25) is 5.91 Å². The first-order chi connectivity index (χ1) is 16.2. The molecule has 0 radical (unpaired) electrons. The average Bonchev–Trinajstić information content (AvgIpc) is 2.85. The molecular formula is C30H52N2O2. The zero-order chi connectivity index (χ0) is 25.2. The second kappa shape index (κ2) is 13.6. The van der Waals surface area contributed by atoms with Gasteiger partial charge in [0.1, 0.15) is 6.10 Å². The lowest BCUT2D eigenvalue weighted by Crippen LogP contribution is -2.70. The van der Waals surface area contributed by atoms with E-state index in [4.69, 9.17) is 4.84 Å². The van der Waals surface area contributed by atoms with E-state index in [1.165, 1.54) is 37.7 Å². The van der Waals surface area contributed by atoms with Crippen molar-refractivity contribution in [1.82, 2.24) is 10.4 Å². The average molecular weight is 473 g/mol. The monoisotopic (exact) mass is 472 g/mol. The minimum absolute atomic E-state index is 0.0198. The summed E-state index contributed by atoms with van der Waals surface area (Å²) in [6, 6.07) is 10.6. The van der Waals surface area contributed by atoms with E-state index in [-0.39, 0.29) is 35.0 Å². The van der Waals surface area contributed by atoms with Crippen molar-refractivity contribution in [3.05, 3.63) is 35.9 Å². The van der Waals surface area contributed by atoms with E-state index >= 15 is 0 Å². The zero-order valence-corrected chi connectivity index (χ0v) is 23.2. The Morgan fingerprint density at radius 1 is 1.03 bits per heavy atom. The van der Waals surface area contributed by atoms with Crippen molar-refractivity contribution in [3.63, 3.8) is 0 Å². The van der Waals surface area contributed by atoms with Crippen LogP contribution in [0.1, 0.15) is 131 Å². The maximum absolute atomic E-state index is 12.9. The molecule has 5 unspecified atom stereocenters. The van der Waals surface area contributed by atoms with Crippen LogP contribution in [0.2, 0.25) is 0 Å². The van der Waals surface area contributed by atoms with Crippen molar-refractivity contribution in [1.29, 1.82) is 0 Å². The molecule has 1 fully saturated rings. The topological polar surface area (TPSA) is 41.6 Å². The van der Waals surface area contributed by atoms with Gasteiger partial charge in [0, 0.05) is 23.5 Å². The fraction of sp³-hybridized carbons (Fsp3) is 0.767. The molecule has 0 bridgehead atoms. The molecule has 1 aromatic rings. The predicted molar refractivity (Wildman–Crippen MR) is 143 cm³/mol. The number of hydrogen-bond acceptors (Lipinski definition) is 3. The number of piperidine rings is 1. The summed E-state index contributed by atoms with van der Waals surface area (Å²) in [7, 11) is 0. The lowest BCUT2D eigenvalue weighted by Gasteiger charge is -2.60. The summed E-state index contributed by atoms with van der Waals surface area (Å²) in [6.07, 6.45) is 12.1. The first-order valence-electron chi connectivity index (χ1n) is 14.0. The number of carbonyl (C=O) groups excluding carboxylic acids is 1. The molecule has 5 atom stereocenters. The van der Waals surface area contributed by atoms with Gasteiger partial charge in [-0.25, -0.2) is 0 Å². The van der Waals surface area contributed by atoms with Crippen LogP contribution in [-0.2, 0) is 9.63 Å². The number of hydrogen-bond donors (Lipinski definition) is 1. The number of benzene rings is 1. The largest absolute Gasteiger partial charge is 0.353 e. The lowest BCUT2D eigenvalue weighted by molar-refractivity contribution is -0.327. The van der Waals surface area contributed by atoms with Gasteiger partial charge in [0.25, 0.3) is 0 Å². The molecular weight excluding hydrogens is 420 g/mol. The smallest absolute Gasteiger partial charge is 0.220 e. The first-order valence-corrected chi connectivity index (χ1v) is 14.0. The van der Waals surface area contributed by atoms with E-state index in [0.29, 0.717) is 6.42 Å². The molecule has 0 spiro atoms. The third-order valence-electron chi connectivity index (χ3n) is 8.56. The third-order valence-corrected chi connectivity index (χ3v) is 8.56. The van der Waals surface area contributed by atoms with Crippen molar-refractivity contribution in [2.45, 2.75) is 142 Å². The summed E-state index contributed by atoms with van der Waals surface area (Å²) in [5.74, 6) is 0.507. The lowest BCUT2D eigenvalue weighted by atomic mass is 9.68. The normalized spacial score (nSPS) is 28.6. The molecule has 0 aliphatic carbocycles. The van der Waals surface area contributed by atoms with Gasteiger partial charge in [0.15, 0.2) is 0 Å². The molecule has 0 aromatic heterocycles. The molecule has 1 saturated heterocycles. The van der Waals surface area contributed by atoms with E-state index in [1.54, 1.807) is 0 Å². The summed E-state index contributed by atoms with van der Waals surface area (Å²) >= 11 is 0. The van der Waals surface area contributed by atoms with Crippen LogP contribution in [0.5, 0.6) is 0 Å². The third kappa shape index (κ3) is 7.31. The number of carbonyl (C=O) groups is 1. The molecule has 1 aliphatic rings. The predicted octanol–water partition coefficient (Wildman–Crippen LogP) is 7.98. The van der Waals surface area contributed by atoms with Crippen molar-refractivity contribution in [2.75, 3.05) is 0 Å². The SMILES string of the molecule is CCCCCCCCCC(=O)NC1CC(C)(CC)N(OC(C)c2ccccc2)C(C)(CC)C1C. The van der Waals surface area contributed by atoms with Crippen LogP contribution in [-0.4, -0.2) is 28.1 Å². The Kier molecular flexibility index (Phi) is 11.6. The summed E-state index contributed by atoms with van der Waals surface area (Å²) in [4.78, 5) is 19.6. The molecule has 1 N–H and O–H groups in total. The second-order valence-corrected chi connectivity index (χ2v) is 11.1. The Morgan fingerprint density at radius 2 is 1.65 bits per heavy atom. The molecule has 34 heavy (non-hydrogen) atoms. The van der Waals surface area contributed by atoms with Gasteiger partial charge in [-0.3, -0.25) is 9.63 Å². The molecule has 194 valence electrons. The fourth-order valence-electron chi connectivity index (χ4n) is 5.61. The Labute approximate surface area is 210 Å². The quantitative estimate of drug-likeness (QED) is 0.279. The molecule has 1 aromatic carbocycles. The highest BCUT2D eigenvalue weighted by Crippen LogP contribution is 2.47. The maximum atomic E-state index is 12.9.